The molecule has 1 aromatic heterocycles. The number of aliphatic carboxylic acids is 1. The number of thioether (sulfide) groups is 1. The molecule has 0 bridgehead atoms. The summed E-state index contributed by atoms with van der Waals surface area (Å²) in [4.78, 5) is 19.7. The van der Waals surface area contributed by atoms with Gasteiger partial charge in [-0.3, -0.25) is 9.78 Å². The summed E-state index contributed by atoms with van der Waals surface area (Å²) in [6.45, 7) is 4.83. The van der Waals surface area contributed by atoms with Crippen molar-refractivity contribution < 1.29 is 19.0 Å². The van der Waals surface area contributed by atoms with Gasteiger partial charge in [0, 0.05) is 29.4 Å². The molecule has 2 aromatic carbocycles. The molecule has 2 heterocycles. The zero-order valence-corrected chi connectivity index (χ0v) is 22.6. The van der Waals surface area contributed by atoms with Crippen molar-refractivity contribution in [3.63, 3.8) is 0 Å². The first-order valence-corrected chi connectivity index (χ1v) is 14.1. The molecule has 5 nitrogen and oxygen atoms in total. The lowest BCUT2D eigenvalue weighted by Crippen LogP contribution is -2.42. The molecule has 1 aliphatic heterocycles. The number of hydrogen-bond acceptors (Lipinski definition) is 5. The topological polar surface area (TPSA) is 62.7 Å². The Bertz CT molecular complexity index is 1190. The fourth-order valence-corrected chi connectivity index (χ4v) is 6.41. The number of carbonyl (C=O) groups is 1. The second-order valence-electron chi connectivity index (χ2n) is 10.0. The number of aryl methyl sites for hydroxylation is 1. The lowest BCUT2D eigenvalue weighted by molar-refractivity contribution is -0.139. The van der Waals surface area contributed by atoms with E-state index in [0.717, 1.165) is 49.1 Å². The summed E-state index contributed by atoms with van der Waals surface area (Å²) in [6.07, 6.45) is 3.72. The largest absolute Gasteiger partial charge is 0.497 e. The summed E-state index contributed by atoms with van der Waals surface area (Å²) in [7, 11) is 1.60. The van der Waals surface area contributed by atoms with Crippen molar-refractivity contribution in [1.29, 1.82) is 0 Å². The summed E-state index contributed by atoms with van der Waals surface area (Å²) in [6, 6.07) is 15.7. The zero-order chi connectivity index (χ0) is 26.2. The average Bonchev–Trinajstić information content (AvgIpc) is 2.90. The molecular weight excluding hydrogens is 487 g/mol. The SMILES string of the molecule is COc1ccc2nccc([C@@H](F)CC[C@@H]3CCN(CCCSc4ccccc4C)C[C@@H]3CC(=O)O)c2c1. The highest BCUT2D eigenvalue weighted by Gasteiger charge is 2.31. The Kier molecular flexibility index (Phi) is 9.81. The number of nitrogens with zero attached hydrogens (tertiary/aromatic N) is 2. The minimum atomic E-state index is -1.13. The van der Waals surface area contributed by atoms with Crippen LogP contribution in [0.1, 0.15) is 49.4 Å². The van der Waals surface area contributed by atoms with Crippen LogP contribution in [0.15, 0.2) is 59.6 Å². The highest BCUT2D eigenvalue weighted by molar-refractivity contribution is 7.99. The molecule has 198 valence electrons. The quantitative estimate of drug-likeness (QED) is 0.205. The van der Waals surface area contributed by atoms with E-state index in [4.69, 9.17) is 4.74 Å². The van der Waals surface area contributed by atoms with Crippen LogP contribution in [0.4, 0.5) is 4.39 Å². The number of alkyl halides is 1. The number of carboxylic acid groups (broad SMARTS) is 1. The van der Waals surface area contributed by atoms with E-state index >= 15 is 4.39 Å². The van der Waals surface area contributed by atoms with Crippen LogP contribution in [-0.4, -0.2) is 53.5 Å². The van der Waals surface area contributed by atoms with Crippen LogP contribution in [0.5, 0.6) is 5.75 Å². The first kappa shape index (κ1) is 27.4. The summed E-state index contributed by atoms with van der Waals surface area (Å²) >= 11 is 1.89. The van der Waals surface area contributed by atoms with Crippen LogP contribution in [-0.2, 0) is 4.79 Å². The molecule has 0 amide bonds. The normalized spacial score (nSPS) is 19.1. The number of fused-ring (bicyclic) bond motifs is 1. The van der Waals surface area contributed by atoms with Crippen LogP contribution in [0, 0.1) is 18.8 Å². The average molecular weight is 525 g/mol. The van der Waals surface area contributed by atoms with Crippen LogP contribution >= 0.6 is 11.8 Å². The number of methoxy groups -OCH3 is 1. The second-order valence-corrected chi connectivity index (χ2v) is 11.1. The predicted molar refractivity (Wildman–Crippen MR) is 148 cm³/mol. The lowest BCUT2D eigenvalue weighted by Gasteiger charge is -2.38. The molecule has 3 aromatic rings. The van der Waals surface area contributed by atoms with Crippen LogP contribution in [0.2, 0.25) is 0 Å². The molecular formula is C30H37FN2O3S. The Morgan fingerprint density at radius 2 is 2.08 bits per heavy atom. The highest BCUT2D eigenvalue weighted by Crippen LogP contribution is 2.36. The second kappa shape index (κ2) is 13.2. The summed E-state index contributed by atoms with van der Waals surface area (Å²) in [5.41, 5.74) is 2.68. The molecule has 0 saturated carbocycles. The number of carboxylic acids is 1. The summed E-state index contributed by atoms with van der Waals surface area (Å²) in [5, 5.41) is 10.3. The van der Waals surface area contributed by atoms with Crippen LogP contribution in [0.25, 0.3) is 10.9 Å². The van der Waals surface area contributed by atoms with E-state index in [1.54, 1.807) is 19.4 Å². The minimum Gasteiger partial charge on any atom is -0.497 e. The van der Waals surface area contributed by atoms with Gasteiger partial charge in [-0.05, 0) is 105 Å². The molecule has 7 heteroatoms. The van der Waals surface area contributed by atoms with Crippen molar-refractivity contribution in [2.75, 3.05) is 32.5 Å². The van der Waals surface area contributed by atoms with Crippen molar-refractivity contribution in [3.8, 4) is 5.75 Å². The predicted octanol–water partition coefficient (Wildman–Crippen LogP) is 6.94. The van der Waals surface area contributed by atoms with E-state index in [2.05, 4.69) is 41.1 Å². The van der Waals surface area contributed by atoms with Crippen molar-refractivity contribution in [2.45, 2.75) is 50.1 Å². The number of pyridine rings is 1. The number of aromatic nitrogens is 1. The molecule has 1 fully saturated rings. The van der Waals surface area contributed by atoms with Gasteiger partial charge in [0.2, 0.25) is 0 Å². The number of rotatable bonds is 12. The fraction of sp³-hybridized carbons (Fsp3) is 0.467. The van der Waals surface area contributed by atoms with Crippen LogP contribution < -0.4 is 4.74 Å². The van der Waals surface area contributed by atoms with Gasteiger partial charge in [0.15, 0.2) is 0 Å². The molecule has 0 radical (unpaired) electrons. The third kappa shape index (κ3) is 7.45. The maximum absolute atomic E-state index is 15.5. The third-order valence-corrected chi connectivity index (χ3v) is 8.75. The van der Waals surface area contributed by atoms with E-state index in [1.807, 2.05) is 30.0 Å². The third-order valence-electron chi connectivity index (χ3n) is 7.49. The van der Waals surface area contributed by atoms with Crippen molar-refractivity contribution in [2.24, 2.45) is 11.8 Å². The Hall–Kier alpha value is -2.64. The van der Waals surface area contributed by atoms with Gasteiger partial charge in [0.1, 0.15) is 11.9 Å². The Morgan fingerprint density at radius 1 is 1.24 bits per heavy atom. The number of hydrogen-bond donors (Lipinski definition) is 1. The summed E-state index contributed by atoms with van der Waals surface area (Å²) < 4.78 is 20.8. The Balaban J connectivity index is 1.31. The van der Waals surface area contributed by atoms with E-state index in [9.17, 15) is 9.90 Å². The highest BCUT2D eigenvalue weighted by atomic mass is 32.2. The number of benzene rings is 2. The van der Waals surface area contributed by atoms with E-state index in [0.29, 0.717) is 24.2 Å². The Morgan fingerprint density at radius 3 is 2.86 bits per heavy atom. The van der Waals surface area contributed by atoms with Crippen LogP contribution in [0.3, 0.4) is 0 Å². The molecule has 1 saturated heterocycles. The zero-order valence-electron chi connectivity index (χ0n) is 21.7. The van der Waals surface area contributed by atoms with Crippen molar-refractivity contribution >= 4 is 28.6 Å². The minimum absolute atomic E-state index is 0.0525. The van der Waals surface area contributed by atoms with Gasteiger partial charge < -0.3 is 14.7 Å². The molecule has 1 aliphatic rings. The standard InChI is InChI=1S/C30H37FN2O3S/c1-21-6-3-4-7-29(21)37-17-5-15-33-16-13-22(23(20-33)18-30(34)35)8-10-27(31)25-12-14-32-28-11-9-24(36-2)19-26(25)28/h3-4,6-7,9,11-12,14,19,22-23,27H,5,8,10,13,15-18,20H2,1-2H3,(H,34,35)/t22-,23+,27+/m1/s1. The van der Waals surface area contributed by atoms with Gasteiger partial charge in [-0.15, -0.1) is 11.8 Å². The first-order chi connectivity index (χ1) is 17.9. The van der Waals surface area contributed by atoms with E-state index in [1.165, 1.54) is 10.5 Å². The first-order valence-electron chi connectivity index (χ1n) is 13.1. The van der Waals surface area contributed by atoms with Crippen molar-refractivity contribution in [3.05, 3.63) is 65.9 Å². The molecule has 3 atom stereocenters. The van der Waals surface area contributed by atoms with Gasteiger partial charge in [0.05, 0.1) is 12.6 Å². The Labute approximate surface area is 223 Å². The van der Waals surface area contributed by atoms with E-state index in [-0.39, 0.29) is 18.3 Å². The molecule has 0 aliphatic carbocycles. The number of piperidine rings is 1. The van der Waals surface area contributed by atoms with Crippen molar-refractivity contribution in [1.82, 2.24) is 9.88 Å². The maximum atomic E-state index is 15.5. The van der Waals surface area contributed by atoms with E-state index < -0.39 is 12.1 Å². The van der Waals surface area contributed by atoms with Gasteiger partial charge in [-0.25, -0.2) is 4.39 Å². The fourth-order valence-electron chi connectivity index (χ4n) is 5.45. The number of halogens is 1. The van der Waals surface area contributed by atoms with Gasteiger partial charge in [-0.2, -0.15) is 0 Å². The monoisotopic (exact) mass is 524 g/mol. The van der Waals surface area contributed by atoms with Gasteiger partial charge in [0.25, 0.3) is 0 Å². The molecule has 0 spiro atoms. The van der Waals surface area contributed by atoms with Gasteiger partial charge in [-0.1, -0.05) is 18.2 Å². The molecule has 0 unspecified atom stereocenters. The maximum Gasteiger partial charge on any atom is 0.303 e. The molecule has 4 rings (SSSR count). The number of ether oxygens (including phenoxy) is 1. The number of likely N-dealkylation sites (tertiary alicyclic amines) is 1. The molecule has 1 N–H and O–H groups in total. The molecule has 37 heavy (non-hydrogen) atoms. The summed E-state index contributed by atoms with van der Waals surface area (Å²) in [5.74, 6) is 1.23. The van der Waals surface area contributed by atoms with Gasteiger partial charge >= 0.3 is 5.97 Å². The smallest absolute Gasteiger partial charge is 0.303 e. The lowest BCUT2D eigenvalue weighted by atomic mass is 9.79.